The number of halogens is 1. The molecule has 0 spiro atoms. The molecule has 0 aliphatic carbocycles. The van der Waals surface area contributed by atoms with Gasteiger partial charge < -0.3 is 9.67 Å². The second-order valence-corrected chi connectivity index (χ2v) is 5.00. The van der Waals surface area contributed by atoms with E-state index in [0.717, 1.165) is 18.0 Å². The largest absolute Gasteiger partial charge is 0.396 e. The Morgan fingerprint density at radius 1 is 1.71 bits per heavy atom. The van der Waals surface area contributed by atoms with Crippen molar-refractivity contribution in [1.29, 1.82) is 0 Å². The molecule has 1 atom stereocenters. The minimum Gasteiger partial charge on any atom is -0.396 e. The molecule has 0 aliphatic heterocycles. The van der Waals surface area contributed by atoms with Crippen molar-refractivity contribution in [2.75, 3.05) is 6.61 Å². The van der Waals surface area contributed by atoms with Crippen molar-refractivity contribution in [2.45, 2.75) is 24.3 Å². The fraction of sp³-hybridized carbons (Fsp3) is 0.667. The standard InChI is InChI=1S/C9H15ClN2OS/c1-7(3-4-13)14-6-9-11-5-8(10)12(9)2/h5,7,13H,3-4,6H2,1-2H3. The van der Waals surface area contributed by atoms with Crippen molar-refractivity contribution >= 4 is 23.4 Å². The minimum absolute atomic E-state index is 0.246. The Balaban J connectivity index is 2.41. The SMILES string of the molecule is CC(CCO)SCc1ncc(Cl)n1C. The Kier molecular flexibility index (Phi) is 4.78. The summed E-state index contributed by atoms with van der Waals surface area (Å²) >= 11 is 7.64. The summed E-state index contributed by atoms with van der Waals surface area (Å²) in [4.78, 5) is 4.20. The van der Waals surface area contributed by atoms with Crippen molar-refractivity contribution < 1.29 is 5.11 Å². The zero-order chi connectivity index (χ0) is 10.6. The fourth-order valence-corrected chi connectivity index (χ4v) is 2.16. The van der Waals surface area contributed by atoms with Gasteiger partial charge in [0.25, 0.3) is 0 Å². The zero-order valence-electron chi connectivity index (χ0n) is 8.40. The van der Waals surface area contributed by atoms with Crippen LogP contribution in [0.5, 0.6) is 0 Å². The van der Waals surface area contributed by atoms with Gasteiger partial charge in [-0.05, 0) is 6.42 Å². The third-order valence-electron chi connectivity index (χ3n) is 2.06. The second kappa shape index (κ2) is 5.63. The maximum absolute atomic E-state index is 8.74. The van der Waals surface area contributed by atoms with Gasteiger partial charge in [-0.15, -0.1) is 0 Å². The van der Waals surface area contributed by atoms with Crippen LogP contribution in [0.3, 0.4) is 0 Å². The first-order valence-corrected chi connectivity index (χ1v) is 5.96. The number of aliphatic hydroxyl groups is 1. The van der Waals surface area contributed by atoms with E-state index < -0.39 is 0 Å². The highest BCUT2D eigenvalue weighted by Crippen LogP contribution is 2.20. The Morgan fingerprint density at radius 2 is 2.43 bits per heavy atom. The van der Waals surface area contributed by atoms with Crippen LogP contribution in [-0.4, -0.2) is 26.5 Å². The van der Waals surface area contributed by atoms with Crippen LogP contribution in [-0.2, 0) is 12.8 Å². The number of imidazole rings is 1. The zero-order valence-corrected chi connectivity index (χ0v) is 9.98. The van der Waals surface area contributed by atoms with E-state index in [0.29, 0.717) is 10.4 Å². The minimum atomic E-state index is 0.246. The summed E-state index contributed by atoms with van der Waals surface area (Å²) in [6.07, 6.45) is 2.48. The molecular formula is C9H15ClN2OS. The number of rotatable bonds is 5. The van der Waals surface area contributed by atoms with Crippen LogP contribution in [0.2, 0.25) is 5.15 Å². The molecular weight excluding hydrogens is 220 g/mol. The van der Waals surface area contributed by atoms with Crippen molar-refractivity contribution in [3.8, 4) is 0 Å². The predicted octanol–water partition coefficient (Wildman–Crippen LogP) is 2.08. The van der Waals surface area contributed by atoms with Gasteiger partial charge in [0.1, 0.15) is 11.0 Å². The fourth-order valence-electron chi connectivity index (χ4n) is 1.04. The van der Waals surface area contributed by atoms with Crippen molar-refractivity contribution in [3.05, 3.63) is 17.2 Å². The Morgan fingerprint density at radius 3 is 2.93 bits per heavy atom. The number of nitrogens with zero attached hydrogens (tertiary/aromatic N) is 2. The van der Waals surface area contributed by atoms with Gasteiger partial charge in [-0.3, -0.25) is 0 Å². The first-order valence-electron chi connectivity index (χ1n) is 4.53. The van der Waals surface area contributed by atoms with E-state index >= 15 is 0 Å². The van der Waals surface area contributed by atoms with Gasteiger partial charge in [0.2, 0.25) is 0 Å². The van der Waals surface area contributed by atoms with Gasteiger partial charge in [0.15, 0.2) is 0 Å². The number of hydrogen-bond donors (Lipinski definition) is 1. The van der Waals surface area contributed by atoms with Crippen LogP contribution in [0.1, 0.15) is 19.2 Å². The molecule has 1 N–H and O–H groups in total. The molecule has 0 bridgehead atoms. The van der Waals surface area contributed by atoms with Crippen LogP contribution in [0, 0.1) is 0 Å². The molecule has 0 saturated carbocycles. The summed E-state index contributed by atoms with van der Waals surface area (Å²) in [6.45, 7) is 2.35. The predicted molar refractivity (Wildman–Crippen MR) is 60.7 cm³/mol. The van der Waals surface area contributed by atoms with Gasteiger partial charge >= 0.3 is 0 Å². The molecule has 1 aromatic heterocycles. The van der Waals surface area contributed by atoms with E-state index in [4.69, 9.17) is 16.7 Å². The van der Waals surface area contributed by atoms with Gasteiger partial charge in [-0.2, -0.15) is 11.8 Å². The van der Waals surface area contributed by atoms with Gasteiger partial charge in [-0.1, -0.05) is 18.5 Å². The van der Waals surface area contributed by atoms with E-state index in [1.807, 2.05) is 11.6 Å². The molecule has 14 heavy (non-hydrogen) atoms. The van der Waals surface area contributed by atoms with Gasteiger partial charge in [0, 0.05) is 18.9 Å². The number of aromatic nitrogens is 2. The van der Waals surface area contributed by atoms with E-state index in [1.165, 1.54) is 0 Å². The molecule has 80 valence electrons. The summed E-state index contributed by atoms with van der Waals surface area (Å²) in [5.41, 5.74) is 0. The first kappa shape index (κ1) is 11.9. The molecule has 0 amide bonds. The quantitative estimate of drug-likeness (QED) is 0.848. The number of thioether (sulfide) groups is 1. The molecule has 3 nitrogen and oxygen atoms in total. The van der Waals surface area contributed by atoms with Crippen LogP contribution in [0.25, 0.3) is 0 Å². The van der Waals surface area contributed by atoms with E-state index in [1.54, 1.807) is 18.0 Å². The highest BCUT2D eigenvalue weighted by Gasteiger charge is 2.07. The molecule has 1 heterocycles. The number of aliphatic hydroxyl groups excluding tert-OH is 1. The highest BCUT2D eigenvalue weighted by molar-refractivity contribution is 7.99. The topological polar surface area (TPSA) is 38.1 Å². The summed E-state index contributed by atoms with van der Waals surface area (Å²) in [5, 5.41) is 9.85. The molecule has 5 heteroatoms. The van der Waals surface area contributed by atoms with Crippen LogP contribution in [0.15, 0.2) is 6.20 Å². The lowest BCUT2D eigenvalue weighted by Gasteiger charge is -2.08. The van der Waals surface area contributed by atoms with E-state index in [9.17, 15) is 0 Å². The van der Waals surface area contributed by atoms with Crippen LogP contribution in [0.4, 0.5) is 0 Å². The third kappa shape index (κ3) is 3.19. The van der Waals surface area contributed by atoms with E-state index in [-0.39, 0.29) is 6.61 Å². The lowest BCUT2D eigenvalue weighted by Crippen LogP contribution is -2.02. The molecule has 1 aromatic rings. The third-order valence-corrected chi connectivity index (χ3v) is 3.64. The lowest BCUT2D eigenvalue weighted by atomic mass is 10.3. The summed E-state index contributed by atoms with van der Waals surface area (Å²) in [7, 11) is 1.90. The van der Waals surface area contributed by atoms with Crippen LogP contribution >= 0.6 is 23.4 Å². The molecule has 1 unspecified atom stereocenters. The second-order valence-electron chi connectivity index (χ2n) is 3.19. The highest BCUT2D eigenvalue weighted by atomic mass is 35.5. The maximum Gasteiger partial charge on any atom is 0.128 e. The lowest BCUT2D eigenvalue weighted by molar-refractivity contribution is 0.289. The van der Waals surface area contributed by atoms with Crippen molar-refractivity contribution in [2.24, 2.45) is 7.05 Å². The Labute approximate surface area is 93.5 Å². The number of hydrogen-bond acceptors (Lipinski definition) is 3. The average Bonchev–Trinajstić information content (AvgIpc) is 2.46. The Hall–Kier alpha value is -0.190. The monoisotopic (exact) mass is 234 g/mol. The molecule has 0 aromatic carbocycles. The van der Waals surface area contributed by atoms with Crippen molar-refractivity contribution in [1.82, 2.24) is 9.55 Å². The molecule has 0 fully saturated rings. The van der Waals surface area contributed by atoms with Gasteiger partial charge in [0.05, 0.1) is 11.9 Å². The van der Waals surface area contributed by atoms with E-state index in [2.05, 4.69) is 11.9 Å². The molecule has 0 radical (unpaired) electrons. The maximum atomic E-state index is 8.74. The summed E-state index contributed by atoms with van der Waals surface area (Å²) < 4.78 is 1.88. The average molecular weight is 235 g/mol. The Bertz CT molecular complexity index is 290. The normalized spacial score (nSPS) is 13.1. The molecule has 0 saturated heterocycles. The summed E-state index contributed by atoms with van der Waals surface area (Å²) in [5.74, 6) is 1.81. The first-order chi connectivity index (χ1) is 6.65. The summed E-state index contributed by atoms with van der Waals surface area (Å²) in [6, 6.07) is 0. The molecule has 0 aliphatic rings. The van der Waals surface area contributed by atoms with Crippen LogP contribution < -0.4 is 0 Å². The van der Waals surface area contributed by atoms with Crippen molar-refractivity contribution in [3.63, 3.8) is 0 Å². The smallest absolute Gasteiger partial charge is 0.128 e. The van der Waals surface area contributed by atoms with Gasteiger partial charge in [-0.25, -0.2) is 4.98 Å². The molecule has 1 rings (SSSR count).